The van der Waals surface area contributed by atoms with Crippen LogP contribution in [-0.4, -0.2) is 5.79 Å². The summed E-state index contributed by atoms with van der Waals surface area (Å²) in [5.74, 6) is -0.583. The number of ether oxygens (including phenoxy) is 2. The Morgan fingerprint density at radius 1 is 1.40 bits per heavy atom. The van der Waals surface area contributed by atoms with Gasteiger partial charge in [-0.25, -0.2) is 0 Å². The van der Waals surface area contributed by atoms with Gasteiger partial charge in [0, 0.05) is 13.8 Å². The molecule has 0 aliphatic heterocycles. The van der Waals surface area contributed by atoms with Crippen molar-refractivity contribution in [2.75, 3.05) is 0 Å². The molecule has 0 aromatic heterocycles. The van der Waals surface area contributed by atoms with Crippen molar-refractivity contribution < 1.29 is 9.47 Å². The first-order valence-corrected chi connectivity index (χ1v) is 3.26. The first-order chi connectivity index (χ1) is 4.48. The summed E-state index contributed by atoms with van der Waals surface area (Å²) >= 11 is 0. The molecule has 0 aromatic carbocycles. The summed E-state index contributed by atoms with van der Waals surface area (Å²) in [6, 6.07) is 0. The standard InChI is InChI=1S/C8H15O2/c1-6-9-8(4,5)10-7(2)3/h6H,1H2,2-5H3. The van der Waals surface area contributed by atoms with Gasteiger partial charge in [-0.15, -0.1) is 0 Å². The summed E-state index contributed by atoms with van der Waals surface area (Å²) in [6.07, 6.45) is 2.26. The Morgan fingerprint density at radius 2 is 1.90 bits per heavy atom. The Kier molecular flexibility index (Phi) is 3.43. The van der Waals surface area contributed by atoms with Crippen LogP contribution in [0.5, 0.6) is 0 Å². The Balaban J connectivity index is 3.73. The van der Waals surface area contributed by atoms with Crippen LogP contribution in [0.2, 0.25) is 0 Å². The molecule has 59 valence electrons. The molecule has 0 saturated carbocycles. The molecule has 0 rings (SSSR count). The van der Waals surface area contributed by atoms with E-state index in [2.05, 4.69) is 6.58 Å². The first-order valence-electron chi connectivity index (χ1n) is 3.26. The quantitative estimate of drug-likeness (QED) is 0.444. The summed E-state index contributed by atoms with van der Waals surface area (Å²) in [4.78, 5) is 0. The number of hydrogen-bond acceptors (Lipinski definition) is 2. The SMILES string of the molecule is C=COC(C)(C)O[C](C)C. The topological polar surface area (TPSA) is 18.5 Å². The van der Waals surface area contributed by atoms with Crippen LogP contribution in [0.25, 0.3) is 0 Å². The van der Waals surface area contributed by atoms with Crippen LogP contribution in [0.3, 0.4) is 0 Å². The highest BCUT2D eigenvalue weighted by atomic mass is 16.7. The van der Waals surface area contributed by atoms with Crippen LogP contribution >= 0.6 is 0 Å². The van der Waals surface area contributed by atoms with Crippen LogP contribution in [0, 0.1) is 6.10 Å². The molecular weight excluding hydrogens is 128 g/mol. The van der Waals surface area contributed by atoms with Gasteiger partial charge in [-0.05, 0) is 13.8 Å². The van der Waals surface area contributed by atoms with E-state index in [0.717, 1.165) is 6.10 Å². The van der Waals surface area contributed by atoms with Crippen molar-refractivity contribution in [3.05, 3.63) is 18.9 Å². The van der Waals surface area contributed by atoms with E-state index in [1.807, 2.05) is 27.7 Å². The van der Waals surface area contributed by atoms with Gasteiger partial charge in [-0.1, -0.05) is 6.58 Å². The molecule has 0 bridgehead atoms. The van der Waals surface area contributed by atoms with Crippen molar-refractivity contribution in [1.29, 1.82) is 0 Å². The molecule has 0 heterocycles. The zero-order valence-electron chi connectivity index (χ0n) is 7.10. The van der Waals surface area contributed by atoms with Crippen LogP contribution in [0.4, 0.5) is 0 Å². The summed E-state index contributed by atoms with van der Waals surface area (Å²) < 4.78 is 10.4. The Hall–Kier alpha value is -0.500. The van der Waals surface area contributed by atoms with Crippen molar-refractivity contribution in [1.82, 2.24) is 0 Å². The molecule has 0 fully saturated rings. The highest BCUT2D eigenvalue weighted by Crippen LogP contribution is 2.16. The summed E-state index contributed by atoms with van der Waals surface area (Å²) in [5.41, 5.74) is 0. The van der Waals surface area contributed by atoms with E-state index in [4.69, 9.17) is 9.47 Å². The molecule has 0 atom stereocenters. The molecule has 0 aliphatic rings. The largest absolute Gasteiger partial charge is 0.471 e. The van der Waals surface area contributed by atoms with E-state index in [9.17, 15) is 0 Å². The maximum atomic E-state index is 5.30. The van der Waals surface area contributed by atoms with Crippen molar-refractivity contribution in [3.63, 3.8) is 0 Å². The van der Waals surface area contributed by atoms with Gasteiger partial charge in [-0.2, -0.15) is 0 Å². The fraction of sp³-hybridized carbons (Fsp3) is 0.625. The Bertz CT molecular complexity index is 106. The summed E-state index contributed by atoms with van der Waals surface area (Å²) in [6.45, 7) is 10.9. The third-order valence-corrected chi connectivity index (χ3v) is 0.817. The second-order valence-corrected chi connectivity index (χ2v) is 2.69. The average Bonchev–Trinajstić information content (AvgIpc) is 1.59. The smallest absolute Gasteiger partial charge is 0.204 e. The highest BCUT2D eigenvalue weighted by molar-refractivity contribution is 4.69. The van der Waals surface area contributed by atoms with E-state index >= 15 is 0 Å². The lowest BCUT2D eigenvalue weighted by atomic mass is 10.3. The van der Waals surface area contributed by atoms with Crippen LogP contribution < -0.4 is 0 Å². The second kappa shape index (κ2) is 3.62. The van der Waals surface area contributed by atoms with E-state index in [1.165, 1.54) is 6.26 Å². The van der Waals surface area contributed by atoms with Gasteiger partial charge in [0.2, 0.25) is 5.79 Å². The lowest BCUT2D eigenvalue weighted by Crippen LogP contribution is -2.26. The average molecular weight is 143 g/mol. The van der Waals surface area contributed by atoms with Gasteiger partial charge >= 0.3 is 0 Å². The minimum atomic E-state index is -0.583. The Labute approximate surface area is 62.8 Å². The van der Waals surface area contributed by atoms with Gasteiger partial charge in [0.25, 0.3) is 0 Å². The van der Waals surface area contributed by atoms with Crippen molar-refractivity contribution in [2.45, 2.75) is 33.5 Å². The monoisotopic (exact) mass is 143 g/mol. The predicted molar refractivity (Wildman–Crippen MR) is 41.0 cm³/mol. The summed E-state index contributed by atoms with van der Waals surface area (Å²) in [5, 5.41) is 0. The maximum Gasteiger partial charge on any atom is 0.204 e. The summed E-state index contributed by atoms with van der Waals surface area (Å²) in [7, 11) is 0. The third kappa shape index (κ3) is 4.39. The van der Waals surface area contributed by atoms with Crippen LogP contribution in [-0.2, 0) is 9.47 Å². The lowest BCUT2D eigenvalue weighted by molar-refractivity contribution is -0.171. The van der Waals surface area contributed by atoms with Crippen LogP contribution in [0.15, 0.2) is 12.8 Å². The molecule has 0 amide bonds. The number of hydrogen-bond donors (Lipinski definition) is 0. The van der Waals surface area contributed by atoms with E-state index in [1.54, 1.807) is 0 Å². The molecule has 0 saturated heterocycles. The molecule has 0 aromatic rings. The van der Waals surface area contributed by atoms with Gasteiger partial charge in [-0.3, -0.25) is 0 Å². The normalized spacial score (nSPS) is 11.7. The minimum Gasteiger partial charge on any atom is -0.471 e. The first kappa shape index (κ1) is 9.50. The molecular formula is C8H15O2. The molecule has 0 aliphatic carbocycles. The van der Waals surface area contributed by atoms with E-state index in [-0.39, 0.29) is 0 Å². The van der Waals surface area contributed by atoms with Gasteiger partial charge in [0.15, 0.2) is 0 Å². The molecule has 0 spiro atoms. The highest BCUT2D eigenvalue weighted by Gasteiger charge is 2.19. The van der Waals surface area contributed by atoms with Crippen LogP contribution in [0.1, 0.15) is 27.7 Å². The fourth-order valence-electron chi connectivity index (χ4n) is 0.716. The lowest BCUT2D eigenvalue weighted by Gasteiger charge is -2.25. The molecule has 0 N–H and O–H groups in total. The number of rotatable bonds is 4. The maximum absolute atomic E-state index is 5.30. The second-order valence-electron chi connectivity index (χ2n) is 2.69. The van der Waals surface area contributed by atoms with Gasteiger partial charge in [0.05, 0.1) is 12.4 Å². The third-order valence-electron chi connectivity index (χ3n) is 0.817. The predicted octanol–water partition coefficient (Wildman–Crippen LogP) is 2.47. The Morgan fingerprint density at radius 3 is 2.20 bits per heavy atom. The van der Waals surface area contributed by atoms with E-state index in [0.29, 0.717) is 0 Å². The molecule has 2 heteroatoms. The van der Waals surface area contributed by atoms with E-state index < -0.39 is 5.79 Å². The minimum absolute atomic E-state index is 0.583. The zero-order valence-corrected chi connectivity index (χ0v) is 7.10. The zero-order chi connectivity index (χ0) is 8.20. The molecule has 10 heavy (non-hydrogen) atoms. The van der Waals surface area contributed by atoms with Crippen molar-refractivity contribution in [3.8, 4) is 0 Å². The molecule has 0 unspecified atom stereocenters. The van der Waals surface area contributed by atoms with Crippen molar-refractivity contribution in [2.24, 2.45) is 0 Å². The van der Waals surface area contributed by atoms with Gasteiger partial charge in [0.1, 0.15) is 0 Å². The fourth-order valence-corrected chi connectivity index (χ4v) is 0.716. The van der Waals surface area contributed by atoms with Gasteiger partial charge < -0.3 is 9.47 Å². The molecule has 1 radical (unpaired) electrons. The van der Waals surface area contributed by atoms with Crippen molar-refractivity contribution >= 4 is 0 Å². The molecule has 2 nitrogen and oxygen atoms in total.